The number of benzene rings is 1. The number of nitro benzene ring substituents is 1. The fraction of sp³-hybridized carbons (Fsp3) is 0.625. The summed E-state index contributed by atoms with van der Waals surface area (Å²) in [6, 6.07) is 8.78. The number of hydrogen-bond donors (Lipinski definition) is 0. The van der Waals surface area contributed by atoms with Gasteiger partial charge in [-0.3, -0.25) is 10.1 Å². The Labute approximate surface area is 120 Å². The molecule has 2 unspecified atom stereocenters. The molecule has 20 heavy (non-hydrogen) atoms. The Hall–Kier alpha value is -1.42. The van der Waals surface area contributed by atoms with Crippen molar-refractivity contribution in [3.8, 4) is 0 Å². The first-order valence-electron chi connectivity index (χ1n) is 7.68. The van der Waals surface area contributed by atoms with Gasteiger partial charge in [0, 0.05) is 30.9 Å². The maximum atomic E-state index is 11.1. The molecule has 2 aliphatic rings. The first kappa shape index (κ1) is 13.6. The molecule has 2 bridgehead atoms. The summed E-state index contributed by atoms with van der Waals surface area (Å²) in [5.74, 6) is 0. The van der Waals surface area contributed by atoms with Gasteiger partial charge < -0.3 is 4.48 Å². The van der Waals surface area contributed by atoms with Gasteiger partial charge in [0.05, 0.1) is 30.6 Å². The van der Waals surface area contributed by atoms with Crippen LogP contribution in [0.5, 0.6) is 0 Å². The quantitative estimate of drug-likeness (QED) is 0.481. The van der Waals surface area contributed by atoms with Gasteiger partial charge in [0.25, 0.3) is 5.69 Å². The molecule has 2 atom stereocenters. The van der Waals surface area contributed by atoms with Crippen LogP contribution in [0, 0.1) is 10.1 Å². The topological polar surface area (TPSA) is 43.1 Å². The van der Waals surface area contributed by atoms with Crippen molar-refractivity contribution in [1.29, 1.82) is 0 Å². The molecule has 4 nitrogen and oxygen atoms in total. The van der Waals surface area contributed by atoms with Crippen LogP contribution in [0.4, 0.5) is 5.69 Å². The minimum Gasteiger partial charge on any atom is -0.321 e. The van der Waals surface area contributed by atoms with E-state index in [1.54, 1.807) is 12.1 Å². The number of likely N-dealkylation sites (N-methyl/N-ethyl adjacent to an activating group) is 1. The zero-order valence-electron chi connectivity index (χ0n) is 12.1. The van der Waals surface area contributed by atoms with Crippen LogP contribution >= 0.6 is 0 Å². The van der Waals surface area contributed by atoms with E-state index in [-0.39, 0.29) is 10.6 Å². The monoisotopic (exact) mass is 275 g/mol. The summed E-state index contributed by atoms with van der Waals surface area (Å²) in [4.78, 5) is 10.8. The number of hydrogen-bond acceptors (Lipinski definition) is 2. The van der Waals surface area contributed by atoms with E-state index < -0.39 is 0 Å². The number of nitrogens with zero attached hydrogens (tertiary/aromatic N) is 2. The molecule has 2 heterocycles. The molecule has 0 aliphatic carbocycles. The second-order valence-electron chi connectivity index (χ2n) is 6.52. The Bertz CT molecular complexity index is 499. The highest BCUT2D eigenvalue weighted by Crippen LogP contribution is 2.41. The van der Waals surface area contributed by atoms with Crippen molar-refractivity contribution >= 4 is 5.69 Å². The number of para-hydroxylation sites is 1. The van der Waals surface area contributed by atoms with Gasteiger partial charge in [0.1, 0.15) is 0 Å². The van der Waals surface area contributed by atoms with Gasteiger partial charge in [0.15, 0.2) is 0 Å². The van der Waals surface area contributed by atoms with E-state index >= 15 is 0 Å². The Morgan fingerprint density at radius 2 is 1.85 bits per heavy atom. The van der Waals surface area contributed by atoms with Crippen molar-refractivity contribution in [3.05, 3.63) is 39.9 Å². The summed E-state index contributed by atoms with van der Waals surface area (Å²) in [6.45, 7) is 1.04. The van der Waals surface area contributed by atoms with Crippen LogP contribution in [0.15, 0.2) is 24.3 Å². The SMILES string of the molecule is C[N+]1(CCc2ccccc2[N+](=O)[O-])C2CCCC1CC2. The van der Waals surface area contributed by atoms with E-state index in [4.69, 9.17) is 0 Å². The lowest BCUT2D eigenvalue weighted by Gasteiger charge is -2.45. The van der Waals surface area contributed by atoms with Crippen molar-refractivity contribution in [2.75, 3.05) is 13.6 Å². The fourth-order valence-corrected chi connectivity index (χ4v) is 4.37. The first-order chi connectivity index (χ1) is 9.61. The van der Waals surface area contributed by atoms with E-state index in [2.05, 4.69) is 7.05 Å². The van der Waals surface area contributed by atoms with Crippen LogP contribution in [0.2, 0.25) is 0 Å². The van der Waals surface area contributed by atoms with E-state index in [1.807, 2.05) is 12.1 Å². The van der Waals surface area contributed by atoms with Gasteiger partial charge in [0.2, 0.25) is 0 Å². The van der Waals surface area contributed by atoms with Crippen LogP contribution in [-0.2, 0) is 6.42 Å². The van der Waals surface area contributed by atoms with E-state index in [9.17, 15) is 10.1 Å². The molecular formula is C16H23N2O2+. The third kappa shape index (κ3) is 2.22. The standard InChI is InChI=1S/C16H23N2O2/c1-18(14-6-4-7-15(18)10-9-14)12-11-13-5-2-3-8-16(13)17(19)20/h2-3,5,8,14-15H,4,6-7,9-12H2,1H3/q+1. The van der Waals surface area contributed by atoms with Crippen LogP contribution in [-0.4, -0.2) is 35.1 Å². The molecule has 1 aromatic rings. The Kier molecular flexibility index (Phi) is 3.50. The lowest BCUT2D eigenvalue weighted by molar-refractivity contribution is -0.948. The minimum absolute atomic E-state index is 0.250. The number of fused-ring (bicyclic) bond motifs is 2. The molecule has 0 spiro atoms. The zero-order chi connectivity index (χ0) is 14.2. The molecule has 0 saturated carbocycles. The van der Waals surface area contributed by atoms with Gasteiger partial charge in [-0.05, 0) is 19.3 Å². The summed E-state index contributed by atoms with van der Waals surface area (Å²) < 4.78 is 1.14. The summed E-state index contributed by atoms with van der Waals surface area (Å²) in [5.41, 5.74) is 1.17. The first-order valence-corrected chi connectivity index (χ1v) is 7.68. The average molecular weight is 275 g/mol. The molecular weight excluding hydrogens is 252 g/mol. The van der Waals surface area contributed by atoms with Gasteiger partial charge in [-0.25, -0.2) is 0 Å². The van der Waals surface area contributed by atoms with E-state index in [0.717, 1.165) is 35.1 Å². The molecule has 0 aromatic heterocycles. The van der Waals surface area contributed by atoms with Gasteiger partial charge in [-0.15, -0.1) is 0 Å². The summed E-state index contributed by atoms with van der Waals surface area (Å²) in [7, 11) is 2.37. The molecule has 2 saturated heterocycles. The maximum Gasteiger partial charge on any atom is 0.272 e. The molecule has 2 aliphatic heterocycles. The molecule has 0 radical (unpaired) electrons. The summed E-state index contributed by atoms with van der Waals surface area (Å²) in [5, 5.41) is 11.1. The van der Waals surface area contributed by atoms with Crippen LogP contribution in [0.25, 0.3) is 0 Å². The van der Waals surface area contributed by atoms with Crippen LogP contribution in [0.1, 0.15) is 37.7 Å². The zero-order valence-corrected chi connectivity index (χ0v) is 12.1. The smallest absolute Gasteiger partial charge is 0.272 e. The normalized spacial score (nSPS) is 32.2. The predicted molar refractivity (Wildman–Crippen MR) is 78.5 cm³/mol. The maximum absolute atomic E-state index is 11.1. The lowest BCUT2D eigenvalue weighted by atomic mass is 9.98. The average Bonchev–Trinajstić information content (AvgIpc) is 2.65. The number of nitro groups is 1. The van der Waals surface area contributed by atoms with E-state index in [0.29, 0.717) is 0 Å². The second kappa shape index (κ2) is 5.17. The van der Waals surface area contributed by atoms with Gasteiger partial charge in [-0.1, -0.05) is 18.2 Å². The Morgan fingerprint density at radius 1 is 1.20 bits per heavy atom. The third-order valence-electron chi connectivity index (χ3n) is 5.63. The molecule has 2 fully saturated rings. The number of rotatable bonds is 4. The Balaban J connectivity index is 1.75. The van der Waals surface area contributed by atoms with E-state index in [1.165, 1.54) is 32.1 Å². The highest BCUT2D eigenvalue weighted by Gasteiger charge is 2.48. The van der Waals surface area contributed by atoms with Gasteiger partial charge >= 0.3 is 0 Å². The van der Waals surface area contributed by atoms with Gasteiger partial charge in [-0.2, -0.15) is 0 Å². The van der Waals surface area contributed by atoms with Crippen molar-refractivity contribution in [3.63, 3.8) is 0 Å². The van der Waals surface area contributed by atoms with Crippen molar-refractivity contribution < 1.29 is 9.41 Å². The molecule has 108 valence electrons. The molecule has 3 rings (SSSR count). The molecule has 0 amide bonds. The van der Waals surface area contributed by atoms with Crippen LogP contribution < -0.4 is 0 Å². The molecule has 4 heteroatoms. The number of quaternary nitrogens is 1. The van der Waals surface area contributed by atoms with Crippen molar-refractivity contribution in [1.82, 2.24) is 0 Å². The highest BCUT2D eigenvalue weighted by atomic mass is 16.6. The third-order valence-corrected chi connectivity index (χ3v) is 5.63. The van der Waals surface area contributed by atoms with Crippen molar-refractivity contribution in [2.24, 2.45) is 0 Å². The number of piperidine rings is 1. The second-order valence-corrected chi connectivity index (χ2v) is 6.52. The fourth-order valence-electron chi connectivity index (χ4n) is 4.37. The molecule has 0 N–H and O–H groups in total. The summed E-state index contributed by atoms with van der Waals surface area (Å²) >= 11 is 0. The summed E-state index contributed by atoms with van der Waals surface area (Å²) in [6.07, 6.45) is 7.55. The Morgan fingerprint density at radius 3 is 2.50 bits per heavy atom. The molecule has 1 aromatic carbocycles. The highest BCUT2D eigenvalue weighted by molar-refractivity contribution is 5.39. The minimum atomic E-state index is -0.250. The van der Waals surface area contributed by atoms with Crippen LogP contribution in [0.3, 0.4) is 0 Å². The lowest BCUT2D eigenvalue weighted by Crippen LogP contribution is -2.56. The largest absolute Gasteiger partial charge is 0.321 e. The predicted octanol–water partition coefficient (Wildman–Crippen LogP) is 3.30. The van der Waals surface area contributed by atoms with Crippen molar-refractivity contribution in [2.45, 2.75) is 50.6 Å².